The highest BCUT2D eigenvalue weighted by Crippen LogP contribution is 2.59. The lowest BCUT2D eigenvalue weighted by Crippen LogP contribution is -2.28. The van der Waals surface area contributed by atoms with Crippen LogP contribution in [0.15, 0.2) is 121 Å². The highest BCUT2D eigenvalue weighted by atomic mass is 15.2. The average molecular weight is 538 g/mol. The van der Waals surface area contributed by atoms with Crippen molar-refractivity contribution in [2.45, 2.75) is 31.7 Å². The zero-order valence-electron chi connectivity index (χ0n) is 23.9. The van der Waals surface area contributed by atoms with Crippen LogP contribution in [0.2, 0.25) is 0 Å². The smallest absolute Gasteiger partial charge is 0.0665 e. The summed E-state index contributed by atoms with van der Waals surface area (Å²) < 4.78 is 0. The molecule has 1 nitrogen and oxygen atoms in total. The van der Waals surface area contributed by atoms with E-state index in [2.05, 4.69) is 140 Å². The van der Waals surface area contributed by atoms with Gasteiger partial charge in [0.15, 0.2) is 0 Å². The van der Waals surface area contributed by atoms with Gasteiger partial charge in [0, 0.05) is 34.2 Å². The summed E-state index contributed by atoms with van der Waals surface area (Å²) in [6, 6.07) is 39.3. The monoisotopic (exact) mass is 537 g/mol. The molecule has 3 atom stereocenters. The van der Waals surface area contributed by atoms with Crippen molar-refractivity contribution in [3.05, 3.63) is 154 Å². The number of nitrogens with zero attached hydrogens (tertiary/aromatic N) is 1. The number of anilines is 1. The Labute approximate surface area is 247 Å². The Bertz CT molecular complexity index is 2120. The van der Waals surface area contributed by atoms with Gasteiger partial charge >= 0.3 is 0 Å². The van der Waals surface area contributed by atoms with E-state index in [9.17, 15) is 0 Å². The van der Waals surface area contributed by atoms with E-state index in [1.54, 1.807) is 0 Å². The molecule has 200 valence electrons. The third kappa shape index (κ3) is 2.84. The third-order valence-electron chi connectivity index (χ3n) is 10.9. The van der Waals surface area contributed by atoms with Gasteiger partial charge in [0.2, 0.25) is 0 Å². The summed E-state index contributed by atoms with van der Waals surface area (Å²) >= 11 is 0. The molecule has 0 aromatic heterocycles. The molecule has 2 heterocycles. The lowest BCUT2D eigenvalue weighted by Gasteiger charge is -2.28. The third-order valence-corrected chi connectivity index (χ3v) is 10.9. The van der Waals surface area contributed by atoms with Crippen LogP contribution < -0.4 is 4.90 Å². The standard InChI is InChI=1S/C41H31N/c1-41(2)36-14-8-7-13-30(36)31-16-15-28(21-37(31)41)29-19-34-32-17-24-9-3-5-11-26(24)22-38(32)42-39-23-27-12-6-4-10-25(27)18-33(39)35(20-29)40(34)42/h3-17,19-23,33,35,40H,18H2,1-2H3. The van der Waals surface area contributed by atoms with E-state index in [1.165, 1.54) is 77.8 Å². The quantitative estimate of drug-likeness (QED) is 0.206. The fourth-order valence-corrected chi connectivity index (χ4v) is 8.91. The molecule has 3 unspecified atom stereocenters. The van der Waals surface area contributed by atoms with Crippen LogP contribution in [0.3, 0.4) is 0 Å². The summed E-state index contributed by atoms with van der Waals surface area (Å²) in [7, 11) is 0. The van der Waals surface area contributed by atoms with Crippen molar-refractivity contribution in [2.75, 3.05) is 4.90 Å². The molecule has 5 aliphatic rings. The van der Waals surface area contributed by atoms with Gasteiger partial charge in [-0.05, 0) is 97.6 Å². The van der Waals surface area contributed by atoms with E-state index in [1.807, 2.05) is 0 Å². The van der Waals surface area contributed by atoms with Gasteiger partial charge in [0.05, 0.1) is 6.04 Å². The molecule has 0 amide bonds. The molecule has 0 saturated carbocycles. The van der Waals surface area contributed by atoms with Crippen LogP contribution in [0.4, 0.5) is 5.69 Å². The highest BCUT2D eigenvalue weighted by molar-refractivity contribution is 6.04. The molecule has 1 saturated heterocycles. The predicted octanol–water partition coefficient (Wildman–Crippen LogP) is 9.66. The molecule has 0 radical (unpaired) electrons. The first-order valence-electron chi connectivity index (χ1n) is 15.4. The summed E-state index contributed by atoms with van der Waals surface area (Å²) in [5, 5.41) is 2.64. The van der Waals surface area contributed by atoms with Crippen molar-refractivity contribution in [2.24, 2.45) is 11.8 Å². The minimum Gasteiger partial charge on any atom is -0.336 e. The van der Waals surface area contributed by atoms with E-state index in [0.717, 1.165) is 6.42 Å². The van der Waals surface area contributed by atoms with E-state index in [0.29, 0.717) is 17.9 Å². The lowest BCUT2D eigenvalue weighted by molar-refractivity contribution is 0.494. The number of hydrogen-bond donors (Lipinski definition) is 0. The van der Waals surface area contributed by atoms with Gasteiger partial charge in [0.1, 0.15) is 0 Å². The number of rotatable bonds is 1. The normalized spacial score (nSPS) is 23.2. The second-order valence-electron chi connectivity index (χ2n) is 13.3. The molecule has 1 fully saturated rings. The molecule has 0 bridgehead atoms. The van der Waals surface area contributed by atoms with E-state index in [4.69, 9.17) is 0 Å². The van der Waals surface area contributed by atoms with Gasteiger partial charge in [-0.3, -0.25) is 0 Å². The maximum Gasteiger partial charge on any atom is 0.0665 e. The number of benzene rings is 5. The minimum absolute atomic E-state index is 0.00113. The van der Waals surface area contributed by atoms with Gasteiger partial charge < -0.3 is 4.90 Å². The van der Waals surface area contributed by atoms with E-state index >= 15 is 0 Å². The average Bonchev–Trinajstić information content (AvgIpc) is 3.60. The first-order valence-corrected chi connectivity index (χ1v) is 15.4. The van der Waals surface area contributed by atoms with Crippen molar-refractivity contribution < 1.29 is 0 Å². The molecule has 10 rings (SSSR count). The Morgan fingerprint density at radius 1 is 0.690 bits per heavy atom. The summed E-state index contributed by atoms with van der Waals surface area (Å²) in [6.07, 6.45) is 8.75. The maximum absolute atomic E-state index is 2.70. The fraction of sp³-hybridized carbons (Fsp3) is 0.171. The summed E-state index contributed by atoms with van der Waals surface area (Å²) in [5.74, 6) is 0.923. The van der Waals surface area contributed by atoms with Crippen LogP contribution in [0, 0.1) is 11.8 Å². The minimum atomic E-state index is -0.00113. The van der Waals surface area contributed by atoms with Gasteiger partial charge in [-0.2, -0.15) is 0 Å². The van der Waals surface area contributed by atoms with Crippen LogP contribution >= 0.6 is 0 Å². The fourth-order valence-electron chi connectivity index (χ4n) is 8.91. The van der Waals surface area contributed by atoms with Crippen LogP contribution in [0.25, 0.3) is 39.1 Å². The van der Waals surface area contributed by atoms with Crippen LogP contribution in [0.5, 0.6) is 0 Å². The molecule has 0 spiro atoms. The number of allylic oxidation sites excluding steroid dienone is 3. The topological polar surface area (TPSA) is 3.24 Å². The van der Waals surface area contributed by atoms with Crippen LogP contribution in [-0.4, -0.2) is 6.04 Å². The van der Waals surface area contributed by atoms with Crippen LogP contribution in [-0.2, 0) is 11.8 Å². The van der Waals surface area contributed by atoms with Crippen molar-refractivity contribution >= 4 is 33.7 Å². The molecular weight excluding hydrogens is 506 g/mol. The van der Waals surface area contributed by atoms with Crippen molar-refractivity contribution in [3.63, 3.8) is 0 Å². The van der Waals surface area contributed by atoms with Gasteiger partial charge in [0.25, 0.3) is 0 Å². The van der Waals surface area contributed by atoms with E-state index < -0.39 is 0 Å². The molecule has 5 aromatic rings. The predicted molar refractivity (Wildman–Crippen MR) is 175 cm³/mol. The molecular formula is C41H31N. The zero-order valence-corrected chi connectivity index (χ0v) is 23.9. The maximum atomic E-state index is 2.70. The molecule has 42 heavy (non-hydrogen) atoms. The van der Waals surface area contributed by atoms with Crippen LogP contribution in [0.1, 0.15) is 47.2 Å². The Morgan fingerprint density at radius 2 is 1.45 bits per heavy atom. The zero-order chi connectivity index (χ0) is 27.7. The summed E-state index contributed by atoms with van der Waals surface area (Å²) in [5.41, 5.74) is 17.0. The molecule has 3 aliphatic carbocycles. The highest BCUT2D eigenvalue weighted by Gasteiger charge is 2.53. The Morgan fingerprint density at radius 3 is 2.36 bits per heavy atom. The van der Waals surface area contributed by atoms with Gasteiger partial charge in [-0.25, -0.2) is 0 Å². The molecule has 1 heteroatoms. The first-order chi connectivity index (χ1) is 20.6. The Kier molecular flexibility index (Phi) is 4.27. The second kappa shape index (κ2) is 7.81. The Balaban J connectivity index is 1.19. The van der Waals surface area contributed by atoms with Gasteiger partial charge in [-0.1, -0.05) is 105 Å². The molecule has 2 aliphatic heterocycles. The first kappa shape index (κ1) is 23.0. The second-order valence-corrected chi connectivity index (χ2v) is 13.3. The van der Waals surface area contributed by atoms with Crippen molar-refractivity contribution in [1.29, 1.82) is 0 Å². The van der Waals surface area contributed by atoms with Gasteiger partial charge in [-0.15, -0.1) is 0 Å². The molecule has 5 aromatic carbocycles. The SMILES string of the molecule is CC1(C)c2ccccc2-c2ccc(C3=CC4C5Cc6ccccc6C=C5N5c6cc7ccccc7cc6C(=C3)C45)cc21. The van der Waals surface area contributed by atoms with Crippen molar-refractivity contribution in [3.8, 4) is 11.1 Å². The summed E-state index contributed by atoms with van der Waals surface area (Å²) in [6.45, 7) is 4.77. The Hall–Kier alpha value is -4.62. The number of hydrogen-bond acceptors (Lipinski definition) is 1. The lowest BCUT2D eigenvalue weighted by atomic mass is 9.74. The van der Waals surface area contributed by atoms with E-state index in [-0.39, 0.29) is 5.41 Å². The van der Waals surface area contributed by atoms with Crippen molar-refractivity contribution in [1.82, 2.24) is 0 Å². The largest absolute Gasteiger partial charge is 0.336 e. The molecule has 0 N–H and O–H groups in total. The summed E-state index contributed by atoms with van der Waals surface area (Å²) in [4.78, 5) is 2.70. The number of fused-ring (bicyclic) bond motifs is 11.